The highest BCUT2D eigenvalue weighted by Crippen LogP contribution is 2.30. The topological polar surface area (TPSA) is 84.5 Å². The van der Waals surface area contributed by atoms with Crippen molar-refractivity contribution in [3.8, 4) is 11.1 Å². The van der Waals surface area contributed by atoms with Gasteiger partial charge in [0.1, 0.15) is 0 Å². The summed E-state index contributed by atoms with van der Waals surface area (Å²) in [5, 5.41) is 5.34. The van der Waals surface area contributed by atoms with Crippen LogP contribution in [0.5, 0.6) is 0 Å². The van der Waals surface area contributed by atoms with Crippen molar-refractivity contribution in [2.75, 3.05) is 18.1 Å². The first-order valence-corrected chi connectivity index (χ1v) is 6.91. The Morgan fingerprint density at radius 3 is 2.95 bits per heavy atom. The molecule has 0 radical (unpaired) electrons. The Morgan fingerprint density at radius 2 is 2.18 bits per heavy atom. The summed E-state index contributed by atoms with van der Waals surface area (Å²) in [6.45, 7) is 1.98. The number of anilines is 2. The van der Waals surface area contributed by atoms with E-state index in [-0.39, 0.29) is 6.03 Å². The summed E-state index contributed by atoms with van der Waals surface area (Å²) < 4.78 is 1.88. The lowest BCUT2D eigenvalue weighted by atomic mass is 10.0. The zero-order chi connectivity index (χ0) is 15.7. The number of hydrogen-bond acceptors (Lipinski definition) is 3. The Hall–Kier alpha value is -3.02. The van der Waals surface area contributed by atoms with Crippen LogP contribution < -0.4 is 16.4 Å². The molecule has 0 fully saturated rings. The maximum absolute atomic E-state index is 11.6. The molecule has 0 unspecified atom stereocenters. The van der Waals surface area contributed by atoms with Crippen LogP contribution in [0, 0.1) is 6.92 Å². The third kappa shape index (κ3) is 2.35. The van der Waals surface area contributed by atoms with Crippen molar-refractivity contribution in [1.82, 2.24) is 14.7 Å². The minimum Gasteiger partial charge on any atom is -0.398 e. The number of hydrogen-bond donors (Lipinski definition) is 3. The lowest BCUT2D eigenvalue weighted by Gasteiger charge is -2.12. The van der Waals surface area contributed by atoms with Crippen molar-refractivity contribution in [3.05, 3.63) is 48.4 Å². The molecule has 0 aliphatic rings. The Morgan fingerprint density at radius 1 is 1.36 bits per heavy atom. The van der Waals surface area contributed by atoms with Crippen molar-refractivity contribution in [3.63, 3.8) is 0 Å². The second kappa shape index (κ2) is 5.40. The first-order chi connectivity index (χ1) is 10.6. The van der Waals surface area contributed by atoms with Crippen molar-refractivity contribution in [2.45, 2.75) is 6.92 Å². The number of carbonyl (C=O) groups excluding carboxylic acids is 1. The van der Waals surface area contributed by atoms with E-state index in [0.717, 1.165) is 22.4 Å². The number of amides is 2. The van der Waals surface area contributed by atoms with Gasteiger partial charge in [0.25, 0.3) is 0 Å². The second-order valence-electron chi connectivity index (χ2n) is 5.02. The normalized spacial score (nSPS) is 10.6. The van der Waals surface area contributed by atoms with E-state index in [9.17, 15) is 4.79 Å². The largest absolute Gasteiger partial charge is 0.398 e. The van der Waals surface area contributed by atoms with E-state index in [2.05, 4.69) is 15.6 Å². The average molecular weight is 295 g/mol. The van der Waals surface area contributed by atoms with Gasteiger partial charge < -0.3 is 20.8 Å². The van der Waals surface area contributed by atoms with Crippen LogP contribution in [0.15, 0.2) is 42.9 Å². The molecule has 0 aliphatic carbocycles. The van der Waals surface area contributed by atoms with E-state index in [0.29, 0.717) is 11.3 Å². The van der Waals surface area contributed by atoms with Gasteiger partial charge in [-0.3, -0.25) is 0 Å². The summed E-state index contributed by atoms with van der Waals surface area (Å²) in [5.41, 5.74) is 11.1. The number of imidazole rings is 1. The van der Waals surface area contributed by atoms with Gasteiger partial charge in [-0.1, -0.05) is 12.1 Å². The predicted octanol–water partition coefficient (Wildman–Crippen LogP) is 2.64. The number of aromatic nitrogens is 2. The maximum atomic E-state index is 11.6. The van der Waals surface area contributed by atoms with E-state index >= 15 is 0 Å². The van der Waals surface area contributed by atoms with Crippen molar-refractivity contribution in [1.29, 1.82) is 0 Å². The molecule has 2 aromatic heterocycles. The fraction of sp³-hybridized carbons (Fsp3) is 0.125. The number of fused-ring (bicyclic) bond motifs is 1. The quantitative estimate of drug-likeness (QED) is 0.635. The first kappa shape index (κ1) is 13.9. The van der Waals surface area contributed by atoms with Gasteiger partial charge in [-0.25, -0.2) is 9.78 Å². The number of nitrogens with two attached hydrogens (primary N) is 1. The number of pyridine rings is 1. The molecule has 0 saturated carbocycles. The lowest BCUT2D eigenvalue weighted by Crippen LogP contribution is -2.24. The van der Waals surface area contributed by atoms with Gasteiger partial charge in [-0.05, 0) is 30.2 Å². The number of rotatable bonds is 2. The molecule has 6 heteroatoms. The smallest absolute Gasteiger partial charge is 0.319 e. The second-order valence-corrected chi connectivity index (χ2v) is 5.02. The average Bonchev–Trinajstić information content (AvgIpc) is 2.98. The number of carbonyl (C=O) groups is 1. The maximum Gasteiger partial charge on any atom is 0.319 e. The van der Waals surface area contributed by atoms with Crippen LogP contribution in [0.3, 0.4) is 0 Å². The summed E-state index contributed by atoms with van der Waals surface area (Å²) in [6.07, 6.45) is 5.51. The monoisotopic (exact) mass is 295 g/mol. The fourth-order valence-corrected chi connectivity index (χ4v) is 2.42. The SMILES string of the molecule is CNC(=O)Nc1cc(-c2cccc(N)c2C)cn2ccnc12. The van der Waals surface area contributed by atoms with Crippen LogP contribution in [0.4, 0.5) is 16.2 Å². The summed E-state index contributed by atoms with van der Waals surface area (Å²) in [7, 11) is 1.57. The number of nitrogens with zero attached hydrogens (tertiary/aromatic N) is 2. The van der Waals surface area contributed by atoms with Gasteiger partial charge in [0, 0.05) is 36.9 Å². The van der Waals surface area contributed by atoms with Gasteiger partial charge in [0.15, 0.2) is 5.65 Å². The van der Waals surface area contributed by atoms with Crippen LogP contribution in [-0.4, -0.2) is 22.5 Å². The Bertz CT molecular complexity index is 853. The summed E-state index contributed by atoms with van der Waals surface area (Å²) in [6, 6.07) is 7.42. The molecule has 3 aromatic rings. The third-order valence-corrected chi connectivity index (χ3v) is 3.65. The molecule has 1 aromatic carbocycles. The summed E-state index contributed by atoms with van der Waals surface area (Å²) in [5.74, 6) is 0. The van der Waals surface area contributed by atoms with Crippen molar-refractivity contribution < 1.29 is 4.79 Å². The fourth-order valence-electron chi connectivity index (χ4n) is 2.42. The zero-order valence-corrected chi connectivity index (χ0v) is 12.4. The Kier molecular flexibility index (Phi) is 3.42. The summed E-state index contributed by atoms with van der Waals surface area (Å²) in [4.78, 5) is 15.9. The van der Waals surface area contributed by atoms with Gasteiger partial charge in [0.2, 0.25) is 0 Å². The molecule has 0 bridgehead atoms. The van der Waals surface area contributed by atoms with Crippen LogP contribution in [0.2, 0.25) is 0 Å². The molecule has 2 heterocycles. The van der Waals surface area contributed by atoms with Crippen LogP contribution in [-0.2, 0) is 0 Å². The van der Waals surface area contributed by atoms with E-state index in [1.54, 1.807) is 13.2 Å². The van der Waals surface area contributed by atoms with Gasteiger partial charge in [0.05, 0.1) is 5.69 Å². The van der Waals surface area contributed by atoms with Gasteiger partial charge in [-0.15, -0.1) is 0 Å². The minimum absolute atomic E-state index is 0.286. The zero-order valence-electron chi connectivity index (χ0n) is 12.4. The molecular weight excluding hydrogens is 278 g/mol. The standard InChI is InChI=1S/C16H17N5O/c1-10-12(4-3-5-13(10)17)11-8-14(20-16(22)18-2)15-19-6-7-21(15)9-11/h3-9H,17H2,1-2H3,(H2,18,20,22). The molecule has 6 nitrogen and oxygen atoms in total. The molecular formula is C16H17N5O. The van der Waals surface area contributed by atoms with E-state index in [1.165, 1.54) is 0 Å². The van der Waals surface area contributed by atoms with Gasteiger partial charge in [-0.2, -0.15) is 0 Å². The highest BCUT2D eigenvalue weighted by Gasteiger charge is 2.11. The lowest BCUT2D eigenvalue weighted by molar-refractivity contribution is 0.254. The Balaban J connectivity index is 2.18. The third-order valence-electron chi connectivity index (χ3n) is 3.65. The summed E-state index contributed by atoms with van der Waals surface area (Å²) >= 11 is 0. The van der Waals surface area contributed by atoms with Crippen LogP contribution >= 0.6 is 0 Å². The Labute approximate surface area is 128 Å². The van der Waals surface area contributed by atoms with E-state index in [4.69, 9.17) is 5.73 Å². The van der Waals surface area contributed by atoms with E-state index in [1.807, 2.05) is 48.0 Å². The number of nitrogens with one attached hydrogen (secondary N) is 2. The molecule has 0 spiro atoms. The minimum atomic E-state index is -0.286. The molecule has 4 N–H and O–H groups in total. The molecule has 22 heavy (non-hydrogen) atoms. The van der Waals surface area contributed by atoms with Crippen molar-refractivity contribution >= 4 is 23.1 Å². The number of benzene rings is 1. The van der Waals surface area contributed by atoms with Crippen molar-refractivity contribution in [2.24, 2.45) is 0 Å². The molecule has 112 valence electrons. The van der Waals surface area contributed by atoms with E-state index < -0.39 is 0 Å². The number of nitrogen functional groups attached to an aromatic ring is 1. The molecule has 3 rings (SSSR count). The van der Waals surface area contributed by atoms with Crippen LogP contribution in [0.1, 0.15) is 5.56 Å². The molecule has 0 atom stereocenters. The molecule has 2 amide bonds. The highest BCUT2D eigenvalue weighted by molar-refractivity contribution is 5.94. The molecule has 0 saturated heterocycles. The highest BCUT2D eigenvalue weighted by atomic mass is 16.2. The van der Waals surface area contributed by atoms with Gasteiger partial charge >= 0.3 is 6.03 Å². The predicted molar refractivity (Wildman–Crippen MR) is 87.9 cm³/mol. The number of urea groups is 1. The van der Waals surface area contributed by atoms with Crippen LogP contribution in [0.25, 0.3) is 16.8 Å². The molecule has 0 aliphatic heterocycles. The first-order valence-electron chi connectivity index (χ1n) is 6.91.